The minimum absolute atomic E-state index is 0.0396. The van der Waals surface area contributed by atoms with Crippen molar-refractivity contribution < 1.29 is 38.7 Å². The molecule has 5 heterocycles. The maximum atomic E-state index is 14.6. The van der Waals surface area contributed by atoms with Gasteiger partial charge in [0.05, 0.1) is 69.2 Å². The lowest BCUT2D eigenvalue weighted by atomic mass is 9.50. The summed E-state index contributed by atoms with van der Waals surface area (Å²) >= 11 is 0. The number of rotatable bonds is 0. The Balaban J connectivity index is 0.749. The third kappa shape index (κ3) is 4.75. The van der Waals surface area contributed by atoms with Gasteiger partial charge < -0.3 is 29.2 Å². The van der Waals surface area contributed by atoms with Crippen LogP contribution in [0.5, 0.6) is 0 Å². The molecule has 0 aromatic carbocycles. The summed E-state index contributed by atoms with van der Waals surface area (Å²) in [5, 5.41) is 24.8. The number of Topliss-reactive ketones (excluding diaryl/α,β-unsaturated/α-hetero) is 2. The summed E-state index contributed by atoms with van der Waals surface area (Å²) in [6.07, 6.45) is 11.7. The van der Waals surface area contributed by atoms with Gasteiger partial charge in [0.1, 0.15) is 11.6 Å². The van der Waals surface area contributed by atoms with Crippen molar-refractivity contribution >= 4 is 11.6 Å². The second-order valence-corrected chi connectivity index (χ2v) is 25.8. The van der Waals surface area contributed by atoms with E-state index in [0.29, 0.717) is 37.5 Å². The van der Waals surface area contributed by atoms with Gasteiger partial charge >= 0.3 is 0 Å². The van der Waals surface area contributed by atoms with Crippen molar-refractivity contribution in [2.75, 3.05) is 0 Å². The highest BCUT2D eigenvalue weighted by atomic mass is 16.7. The third-order valence-corrected chi connectivity index (χ3v) is 22.6. The maximum absolute atomic E-state index is 14.6. The van der Waals surface area contributed by atoms with E-state index in [4.69, 9.17) is 28.9 Å². The molecule has 4 saturated heterocycles. The molecule has 4 spiro atoms. The normalized spacial score (nSPS) is 56.9. The molecule has 0 amide bonds. The van der Waals surface area contributed by atoms with Crippen molar-refractivity contribution in [1.29, 1.82) is 0 Å². The van der Waals surface area contributed by atoms with Crippen molar-refractivity contribution in [2.24, 2.45) is 80.8 Å². The van der Waals surface area contributed by atoms with Crippen LogP contribution in [0.15, 0.2) is 0 Å². The van der Waals surface area contributed by atoms with Crippen molar-refractivity contribution in [3.05, 3.63) is 22.8 Å². The van der Waals surface area contributed by atoms with E-state index < -0.39 is 34.6 Å². The molecule has 10 nitrogen and oxygen atoms in total. The van der Waals surface area contributed by atoms with E-state index in [9.17, 15) is 19.8 Å². The highest BCUT2D eigenvalue weighted by Crippen LogP contribution is 2.72. The molecule has 1 aromatic heterocycles. The molecule has 62 heavy (non-hydrogen) atoms. The molecule has 1 aromatic rings. The molecule has 10 heteroatoms. The first-order valence-corrected chi connectivity index (χ1v) is 25.3. The summed E-state index contributed by atoms with van der Waals surface area (Å²) in [5.41, 5.74) is 2.47. The minimum atomic E-state index is -0.731. The molecule has 10 fully saturated rings. The lowest BCUT2D eigenvalue weighted by molar-refractivity contribution is -0.255. The predicted molar refractivity (Wildman–Crippen MR) is 227 cm³/mol. The van der Waals surface area contributed by atoms with Crippen LogP contribution in [0.4, 0.5) is 0 Å². The smallest absolute Gasteiger partial charge is 0.172 e. The molecule has 338 valence electrons. The van der Waals surface area contributed by atoms with E-state index in [1.54, 1.807) is 0 Å². The van der Waals surface area contributed by atoms with Crippen LogP contribution in [0, 0.1) is 80.8 Å². The fourth-order valence-electron chi connectivity index (χ4n) is 19.3. The van der Waals surface area contributed by atoms with Crippen LogP contribution in [0.25, 0.3) is 0 Å². The minimum Gasteiger partial charge on any atom is -0.392 e. The second kappa shape index (κ2) is 12.2. The lowest BCUT2D eigenvalue weighted by Gasteiger charge is -2.55. The lowest BCUT2D eigenvalue weighted by Crippen LogP contribution is -2.53. The van der Waals surface area contributed by atoms with Gasteiger partial charge in [-0.3, -0.25) is 19.6 Å². The Kier molecular flexibility index (Phi) is 7.96. The molecule has 6 saturated carbocycles. The van der Waals surface area contributed by atoms with Gasteiger partial charge in [0.25, 0.3) is 0 Å². The van der Waals surface area contributed by atoms with Gasteiger partial charge in [-0.25, -0.2) is 0 Å². The zero-order valence-corrected chi connectivity index (χ0v) is 38.6. The van der Waals surface area contributed by atoms with Crippen LogP contribution < -0.4 is 0 Å². The Morgan fingerprint density at radius 1 is 0.532 bits per heavy atom. The molecule has 13 rings (SSSR count). The molecule has 12 aliphatic rings. The number of aromatic nitrogens is 2. The van der Waals surface area contributed by atoms with Crippen LogP contribution in [0.2, 0.25) is 0 Å². The van der Waals surface area contributed by atoms with Crippen LogP contribution >= 0.6 is 0 Å². The van der Waals surface area contributed by atoms with E-state index in [2.05, 4.69) is 55.4 Å². The van der Waals surface area contributed by atoms with Gasteiger partial charge in [0, 0.05) is 49.4 Å². The van der Waals surface area contributed by atoms with Gasteiger partial charge in [-0.2, -0.15) is 0 Å². The van der Waals surface area contributed by atoms with E-state index in [1.807, 2.05) is 0 Å². The Labute approximate surface area is 368 Å². The van der Waals surface area contributed by atoms with E-state index in [0.717, 1.165) is 99.8 Å². The predicted octanol–water partition coefficient (Wildman–Crippen LogP) is 7.29. The number of nitrogens with zero attached hydrogens (tertiary/aromatic N) is 2. The SMILES string of the molecule is C[C@H]1[C@H]2[C@H](C[C@]3(C(=O)C[C@H]4[C@H]3CC[C@H]3Cc5nc6c(nc5C[C@@]34C)C[C@@H]3CC[C@@H]4[C@H](CC(=O)[C@]45C[C@@H]4O[C@]7(CCC(C)(C)O7)[C@@H](C)[C@@H]4[C@H]5O)[C@@]3(C)C6)[C@@H]2O)O[C@]12CCC(C)(C)O2. The third-order valence-electron chi connectivity index (χ3n) is 22.6. The van der Waals surface area contributed by atoms with Crippen molar-refractivity contribution in [3.63, 3.8) is 0 Å². The first kappa shape index (κ1) is 40.5. The summed E-state index contributed by atoms with van der Waals surface area (Å²) in [4.78, 5) is 40.3. The molecule has 0 bridgehead atoms. The molecule has 8 aliphatic carbocycles. The van der Waals surface area contributed by atoms with Crippen molar-refractivity contribution in [3.8, 4) is 0 Å². The first-order chi connectivity index (χ1) is 29.2. The van der Waals surface area contributed by atoms with E-state index in [-0.39, 0.29) is 93.1 Å². The molecule has 2 N–H and O–H groups in total. The number of hydrogen-bond acceptors (Lipinski definition) is 10. The standard InChI is InChI=1S/C52H72N2O8/c1-25-41-37(59-51(25)15-13-45(3,4)61-51)23-49(43(41)57)29-11-9-27-17-33-35(21-47(27,7)31(29)19-39(49)55)53-34-18-28-10-12-30-32(48(28,8)22-36(34)54-33)20-40(56)50(30)24-38-42(44(50)58)26(2)52(60-38)16-14-46(5,6)62-52/h25-32,37-38,41-44,57-58H,9-24H2,1-8H3/t25-,26-,27-,28-,29+,30+,31-,32-,37-,38-,41-,42-,43+,44+,47-,48-,49-,50-,51-,52-/m0/s1. The van der Waals surface area contributed by atoms with Gasteiger partial charge in [-0.15, -0.1) is 0 Å². The van der Waals surface area contributed by atoms with Crippen LogP contribution in [-0.4, -0.2) is 78.9 Å². The number of ether oxygens (including phenoxy) is 4. The van der Waals surface area contributed by atoms with Gasteiger partial charge in [0.15, 0.2) is 11.6 Å². The molecule has 0 radical (unpaired) electrons. The van der Waals surface area contributed by atoms with Gasteiger partial charge in [-0.05, 0) is 151 Å². The zero-order valence-electron chi connectivity index (χ0n) is 38.6. The number of aliphatic hydroxyl groups is 2. The fourth-order valence-corrected chi connectivity index (χ4v) is 19.3. The highest BCUT2D eigenvalue weighted by molar-refractivity contribution is 5.90. The summed E-state index contributed by atoms with van der Waals surface area (Å²) in [7, 11) is 0. The van der Waals surface area contributed by atoms with Gasteiger partial charge in [0.2, 0.25) is 0 Å². The largest absolute Gasteiger partial charge is 0.392 e. The summed E-state index contributed by atoms with van der Waals surface area (Å²) in [6.45, 7) is 17.8. The molecule has 0 unspecified atom stereocenters. The Bertz CT molecular complexity index is 2030. The molecule has 20 atom stereocenters. The Hall–Kier alpha value is -1.82. The number of carbonyl (C=O) groups is 2. The average molecular weight is 853 g/mol. The highest BCUT2D eigenvalue weighted by Gasteiger charge is 2.76. The number of ketones is 2. The van der Waals surface area contributed by atoms with Crippen LogP contribution in [-0.2, 0) is 54.2 Å². The number of fused-ring (bicyclic) bond motifs is 12. The first-order valence-electron chi connectivity index (χ1n) is 25.3. The number of hydrogen-bond donors (Lipinski definition) is 2. The summed E-state index contributed by atoms with van der Waals surface area (Å²) in [6, 6.07) is 0. The van der Waals surface area contributed by atoms with Crippen molar-refractivity contribution in [1.82, 2.24) is 9.97 Å². The van der Waals surface area contributed by atoms with E-state index in [1.165, 1.54) is 0 Å². The summed E-state index contributed by atoms with van der Waals surface area (Å²) < 4.78 is 26.9. The Morgan fingerprint density at radius 2 is 0.935 bits per heavy atom. The quantitative estimate of drug-likeness (QED) is 0.274. The molecular weight excluding hydrogens is 781 g/mol. The van der Waals surface area contributed by atoms with Crippen LogP contribution in [0.1, 0.15) is 155 Å². The van der Waals surface area contributed by atoms with Crippen LogP contribution in [0.3, 0.4) is 0 Å². The van der Waals surface area contributed by atoms with E-state index >= 15 is 0 Å². The zero-order chi connectivity index (χ0) is 43.1. The topological polar surface area (TPSA) is 137 Å². The second-order valence-electron chi connectivity index (χ2n) is 25.8. The van der Waals surface area contributed by atoms with Crippen molar-refractivity contribution in [2.45, 2.75) is 205 Å². The average Bonchev–Trinajstić information content (AvgIpc) is 4.06. The fraction of sp³-hybridized carbons (Fsp3) is 0.885. The number of carbonyl (C=O) groups excluding carboxylic acids is 2. The Morgan fingerprint density at radius 3 is 1.29 bits per heavy atom. The van der Waals surface area contributed by atoms with Gasteiger partial charge in [-0.1, -0.05) is 27.7 Å². The summed E-state index contributed by atoms with van der Waals surface area (Å²) in [5.74, 6) is 0.733. The monoisotopic (exact) mass is 853 g/mol. The molecular formula is C52H72N2O8. The maximum Gasteiger partial charge on any atom is 0.172 e. The number of aliphatic hydroxyl groups excluding tert-OH is 2. The molecule has 4 aliphatic heterocycles.